The molecule has 1 aliphatic heterocycles. The SMILES string of the molecule is Cc1c[nH]c2c(OP(=O)(OCc3ccccc3)OCc3ccccc3)cc3c(c12)CCN3C(=O)C12CC(C(=O)Cl)(C1)C2. The first-order valence-corrected chi connectivity index (χ1v) is 15.9. The van der Waals surface area contributed by atoms with E-state index < -0.39 is 18.7 Å². The quantitative estimate of drug-likeness (QED) is 0.152. The summed E-state index contributed by atoms with van der Waals surface area (Å²) >= 11 is 5.81. The summed E-state index contributed by atoms with van der Waals surface area (Å²) in [4.78, 5) is 30.7. The van der Waals surface area contributed by atoms with Gasteiger partial charge < -0.3 is 14.4 Å². The minimum atomic E-state index is -4.15. The van der Waals surface area contributed by atoms with Gasteiger partial charge in [-0.2, -0.15) is 0 Å². The van der Waals surface area contributed by atoms with Crippen LogP contribution in [0.5, 0.6) is 5.75 Å². The number of nitrogens with one attached hydrogen (secondary N) is 1. The van der Waals surface area contributed by atoms with E-state index in [0.29, 0.717) is 37.7 Å². The Hall–Kier alpha value is -3.42. The van der Waals surface area contributed by atoms with E-state index in [4.69, 9.17) is 25.2 Å². The van der Waals surface area contributed by atoms with Gasteiger partial charge >= 0.3 is 7.82 Å². The molecule has 0 unspecified atom stereocenters. The molecule has 2 bridgehead atoms. The first-order valence-electron chi connectivity index (χ1n) is 14.0. The Labute approximate surface area is 248 Å². The van der Waals surface area contributed by atoms with Gasteiger partial charge in [-0.15, -0.1) is 0 Å². The van der Waals surface area contributed by atoms with E-state index >= 15 is 0 Å². The number of hydrogen-bond donors (Lipinski definition) is 1. The minimum Gasteiger partial charge on any atom is -0.402 e. The van der Waals surface area contributed by atoms with Crippen LogP contribution in [-0.2, 0) is 42.8 Å². The van der Waals surface area contributed by atoms with Crippen LogP contribution in [0.25, 0.3) is 10.9 Å². The second-order valence-corrected chi connectivity index (χ2v) is 13.7. The van der Waals surface area contributed by atoms with Gasteiger partial charge in [0, 0.05) is 29.6 Å². The van der Waals surface area contributed by atoms with Gasteiger partial charge in [0.05, 0.1) is 29.8 Å². The molecule has 4 aliphatic rings. The van der Waals surface area contributed by atoms with Crippen molar-refractivity contribution in [1.82, 2.24) is 4.98 Å². The monoisotopic (exact) mass is 604 g/mol. The summed E-state index contributed by atoms with van der Waals surface area (Å²) in [7, 11) is -4.15. The van der Waals surface area contributed by atoms with Crippen molar-refractivity contribution >= 4 is 47.2 Å². The number of anilines is 1. The average molecular weight is 605 g/mol. The summed E-state index contributed by atoms with van der Waals surface area (Å²) in [6.07, 6.45) is 4.05. The summed E-state index contributed by atoms with van der Waals surface area (Å²) in [5.74, 6) is 0.286. The lowest BCUT2D eigenvalue weighted by atomic mass is 9.35. The van der Waals surface area contributed by atoms with Crippen molar-refractivity contribution in [3.63, 3.8) is 0 Å². The highest BCUT2D eigenvalue weighted by Gasteiger charge is 2.75. The normalized spacial score (nSPS) is 22.4. The Morgan fingerprint density at radius 3 is 2.12 bits per heavy atom. The molecule has 0 spiro atoms. The number of aryl methyl sites for hydroxylation is 1. The van der Waals surface area contributed by atoms with Crippen molar-refractivity contribution in [2.24, 2.45) is 10.8 Å². The highest BCUT2D eigenvalue weighted by atomic mass is 35.5. The van der Waals surface area contributed by atoms with Gasteiger partial charge in [0.25, 0.3) is 0 Å². The topological polar surface area (TPSA) is 97.9 Å². The molecule has 3 aliphatic carbocycles. The number of fused-ring (bicyclic) bond motifs is 3. The molecule has 42 heavy (non-hydrogen) atoms. The van der Waals surface area contributed by atoms with Crippen molar-refractivity contribution in [1.29, 1.82) is 0 Å². The van der Waals surface area contributed by atoms with Crippen molar-refractivity contribution in [3.8, 4) is 5.75 Å². The number of carbonyl (C=O) groups excluding carboxylic acids is 2. The van der Waals surface area contributed by atoms with Gasteiger partial charge in [0.15, 0.2) is 5.75 Å². The Bertz CT molecular complexity index is 1690. The zero-order valence-electron chi connectivity index (χ0n) is 23.1. The van der Waals surface area contributed by atoms with Crippen molar-refractivity contribution in [3.05, 3.63) is 95.2 Å². The van der Waals surface area contributed by atoms with Crippen LogP contribution in [0.15, 0.2) is 72.9 Å². The molecule has 8 rings (SSSR count). The highest BCUT2D eigenvalue weighted by Crippen LogP contribution is 2.74. The first kappa shape index (κ1) is 27.4. The Morgan fingerprint density at radius 1 is 0.952 bits per heavy atom. The third-order valence-electron chi connectivity index (χ3n) is 8.90. The zero-order chi connectivity index (χ0) is 29.1. The molecule has 3 aromatic carbocycles. The fourth-order valence-corrected chi connectivity index (χ4v) is 8.19. The second kappa shape index (κ2) is 10.1. The number of phosphoric ester groups is 1. The van der Waals surface area contributed by atoms with E-state index in [9.17, 15) is 14.2 Å². The van der Waals surface area contributed by atoms with E-state index in [0.717, 1.165) is 33.3 Å². The molecular formula is C32H30ClN2O6P. The first-order chi connectivity index (χ1) is 20.2. The fraction of sp³-hybridized carbons (Fsp3) is 0.312. The summed E-state index contributed by atoms with van der Waals surface area (Å²) in [5, 5.41) is 0.585. The number of hydrogen-bond acceptors (Lipinski definition) is 6. The second-order valence-electron chi connectivity index (χ2n) is 11.7. The maximum atomic E-state index is 14.2. The summed E-state index contributed by atoms with van der Waals surface area (Å²) in [6.45, 7) is 2.56. The van der Waals surface area contributed by atoms with Gasteiger partial charge in [-0.1, -0.05) is 60.7 Å². The molecule has 0 saturated heterocycles. The molecule has 10 heteroatoms. The molecule has 1 N–H and O–H groups in total. The largest absolute Gasteiger partial charge is 0.530 e. The van der Waals surface area contributed by atoms with Crippen LogP contribution in [-0.4, -0.2) is 22.7 Å². The predicted molar refractivity (Wildman–Crippen MR) is 159 cm³/mol. The number of rotatable bonds is 10. The van der Waals surface area contributed by atoms with Crippen LogP contribution in [0.3, 0.4) is 0 Å². The number of aromatic nitrogens is 1. The van der Waals surface area contributed by atoms with Crippen molar-refractivity contribution in [2.75, 3.05) is 11.4 Å². The molecule has 8 nitrogen and oxygen atoms in total. The Balaban J connectivity index is 1.21. The minimum absolute atomic E-state index is 0.00312. The molecule has 1 aromatic heterocycles. The van der Waals surface area contributed by atoms with E-state index in [1.165, 1.54) is 0 Å². The fourth-order valence-electron chi connectivity index (χ4n) is 6.81. The number of halogens is 1. The number of H-pyrrole nitrogens is 1. The summed E-state index contributed by atoms with van der Waals surface area (Å²) in [6, 6.07) is 20.6. The molecule has 3 fully saturated rings. The molecule has 1 amide bonds. The van der Waals surface area contributed by atoms with Crippen molar-refractivity contribution < 1.29 is 27.7 Å². The standard InChI is InChI=1S/C32H30ClN2O6P/c1-21-15-34-28-26(41-42(38,39-16-22-8-4-2-5-9-22)40-17-23-10-6-3-7-11-23)14-25-24(27(21)28)12-13-35(25)30(37)32-18-31(19-32,20-32)29(33)36/h2-11,14-15,34H,12-13,16-20H2,1H3. The highest BCUT2D eigenvalue weighted by molar-refractivity contribution is 7.48. The lowest BCUT2D eigenvalue weighted by molar-refractivity contribution is -0.199. The number of carbonyl (C=O) groups is 2. The maximum absolute atomic E-state index is 14.2. The molecule has 4 aromatic rings. The van der Waals surface area contributed by atoms with Crippen LogP contribution in [0.4, 0.5) is 5.69 Å². The predicted octanol–water partition coefficient (Wildman–Crippen LogP) is 7.22. The van der Waals surface area contributed by atoms with E-state index in [-0.39, 0.29) is 30.1 Å². The van der Waals surface area contributed by atoms with Gasteiger partial charge in [0.1, 0.15) is 0 Å². The third kappa shape index (κ3) is 4.49. The number of nitrogens with zero attached hydrogens (tertiary/aromatic N) is 1. The van der Waals surface area contributed by atoms with Gasteiger partial charge in [-0.3, -0.25) is 18.6 Å². The Kier molecular flexibility index (Phi) is 6.59. The lowest BCUT2D eigenvalue weighted by Gasteiger charge is -2.67. The molecule has 2 heterocycles. The average Bonchev–Trinajstić information content (AvgIpc) is 3.54. The van der Waals surface area contributed by atoms with E-state index in [1.807, 2.05) is 73.8 Å². The van der Waals surface area contributed by atoms with E-state index in [1.54, 1.807) is 11.0 Å². The third-order valence-corrected chi connectivity index (χ3v) is 10.6. The summed E-state index contributed by atoms with van der Waals surface area (Å²) in [5.41, 5.74) is 3.98. The van der Waals surface area contributed by atoms with Crippen LogP contribution in [0, 0.1) is 17.8 Å². The molecule has 0 radical (unpaired) electrons. The molecule has 216 valence electrons. The molecule has 3 saturated carbocycles. The number of aromatic amines is 1. The van der Waals surface area contributed by atoms with Gasteiger partial charge in [-0.25, -0.2) is 4.57 Å². The van der Waals surface area contributed by atoms with Gasteiger partial charge in [0.2, 0.25) is 11.1 Å². The molecular weight excluding hydrogens is 575 g/mol. The lowest BCUT2D eigenvalue weighted by Crippen LogP contribution is -2.70. The van der Waals surface area contributed by atoms with Crippen LogP contribution < -0.4 is 9.42 Å². The van der Waals surface area contributed by atoms with Crippen LogP contribution in [0.2, 0.25) is 0 Å². The van der Waals surface area contributed by atoms with Gasteiger partial charge in [-0.05, 0) is 66.5 Å². The number of benzene rings is 3. The Morgan fingerprint density at radius 2 is 1.55 bits per heavy atom. The maximum Gasteiger partial charge on any atom is 0.530 e. The van der Waals surface area contributed by atoms with E-state index in [2.05, 4.69) is 4.98 Å². The smallest absolute Gasteiger partial charge is 0.402 e. The zero-order valence-corrected chi connectivity index (χ0v) is 24.8. The number of amides is 1. The number of phosphoric acid groups is 1. The van der Waals surface area contributed by atoms with Crippen LogP contribution >= 0.6 is 19.4 Å². The molecule has 0 atom stereocenters. The van der Waals surface area contributed by atoms with Crippen LogP contribution in [0.1, 0.15) is 41.5 Å². The summed E-state index contributed by atoms with van der Waals surface area (Å²) < 4.78 is 32.2. The van der Waals surface area contributed by atoms with Crippen molar-refractivity contribution in [2.45, 2.75) is 45.8 Å².